The molecule has 0 radical (unpaired) electrons. The Kier molecular flexibility index (Phi) is 3.67. The first-order chi connectivity index (χ1) is 8.09. The summed E-state index contributed by atoms with van der Waals surface area (Å²) < 4.78 is 0. The van der Waals surface area contributed by atoms with E-state index in [2.05, 4.69) is 18.8 Å². The second-order valence-corrected chi connectivity index (χ2v) is 5.31. The Bertz CT molecular complexity index is 420. The lowest BCUT2D eigenvalue weighted by molar-refractivity contribution is 0.0784. The van der Waals surface area contributed by atoms with Crippen LogP contribution in [0.15, 0.2) is 18.5 Å². The number of likely N-dealkylation sites (tertiary alicyclic amines) is 1. The molecule has 1 aliphatic rings. The summed E-state index contributed by atoms with van der Waals surface area (Å²) in [5, 5.41) is 0.436. The maximum atomic E-state index is 12.2. The van der Waals surface area contributed by atoms with E-state index in [1.807, 2.05) is 4.90 Å². The van der Waals surface area contributed by atoms with Crippen molar-refractivity contribution >= 4 is 17.5 Å². The number of aromatic nitrogens is 1. The number of hydrogen-bond acceptors (Lipinski definition) is 2. The molecule has 0 N–H and O–H groups in total. The third-order valence-corrected chi connectivity index (χ3v) is 3.76. The molecule has 0 saturated carbocycles. The first kappa shape index (κ1) is 12.4. The SMILES string of the molecule is CC(C)C1CCN(C(=O)c2ccncc2Cl)C1. The molecule has 1 aromatic rings. The Hall–Kier alpha value is -1.09. The van der Waals surface area contributed by atoms with Gasteiger partial charge in [-0.15, -0.1) is 0 Å². The number of carbonyl (C=O) groups excluding carboxylic acids is 1. The Labute approximate surface area is 107 Å². The molecule has 1 aromatic heterocycles. The van der Waals surface area contributed by atoms with Gasteiger partial charge >= 0.3 is 0 Å². The van der Waals surface area contributed by atoms with E-state index in [0.29, 0.717) is 22.4 Å². The van der Waals surface area contributed by atoms with E-state index in [0.717, 1.165) is 19.5 Å². The molecule has 17 heavy (non-hydrogen) atoms. The average molecular weight is 253 g/mol. The molecule has 1 unspecified atom stereocenters. The standard InChI is InChI=1S/C13H17ClN2O/c1-9(2)10-4-6-16(8-10)13(17)11-3-5-15-7-12(11)14/h3,5,7,9-10H,4,6,8H2,1-2H3. The van der Waals surface area contributed by atoms with Crippen LogP contribution in [0.4, 0.5) is 0 Å². The van der Waals surface area contributed by atoms with Crippen LogP contribution in [0.2, 0.25) is 5.02 Å². The lowest BCUT2D eigenvalue weighted by atomic mass is 9.95. The largest absolute Gasteiger partial charge is 0.338 e. The molecule has 1 atom stereocenters. The van der Waals surface area contributed by atoms with Crippen LogP contribution in [-0.2, 0) is 0 Å². The zero-order valence-electron chi connectivity index (χ0n) is 10.2. The topological polar surface area (TPSA) is 33.2 Å². The van der Waals surface area contributed by atoms with Crippen molar-refractivity contribution in [2.24, 2.45) is 11.8 Å². The highest BCUT2D eigenvalue weighted by molar-refractivity contribution is 6.33. The van der Waals surface area contributed by atoms with Gasteiger partial charge in [0.25, 0.3) is 5.91 Å². The Morgan fingerprint density at radius 3 is 2.94 bits per heavy atom. The fourth-order valence-electron chi connectivity index (χ4n) is 2.23. The van der Waals surface area contributed by atoms with Crippen molar-refractivity contribution in [2.45, 2.75) is 20.3 Å². The molecular weight excluding hydrogens is 236 g/mol. The summed E-state index contributed by atoms with van der Waals surface area (Å²) in [6.07, 6.45) is 4.21. The lowest BCUT2D eigenvalue weighted by Gasteiger charge is -2.18. The third-order valence-electron chi connectivity index (χ3n) is 3.46. The predicted octanol–water partition coefficient (Wildman–Crippen LogP) is 2.85. The summed E-state index contributed by atoms with van der Waals surface area (Å²) in [6, 6.07) is 1.69. The van der Waals surface area contributed by atoms with Crippen LogP contribution in [0, 0.1) is 11.8 Å². The highest BCUT2D eigenvalue weighted by atomic mass is 35.5. The highest BCUT2D eigenvalue weighted by Gasteiger charge is 2.29. The Morgan fingerprint density at radius 2 is 2.35 bits per heavy atom. The van der Waals surface area contributed by atoms with Crippen LogP contribution in [0.1, 0.15) is 30.6 Å². The molecule has 2 rings (SSSR count). The molecule has 0 spiro atoms. The van der Waals surface area contributed by atoms with Gasteiger partial charge in [-0.05, 0) is 24.3 Å². The Morgan fingerprint density at radius 1 is 1.59 bits per heavy atom. The summed E-state index contributed by atoms with van der Waals surface area (Å²) in [5.74, 6) is 1.26. The maximum Gasteiger partial charge on any atom is 0.255 e. The molecule has 92 valence electrons. The van der Waals surface area contributed by atoms with Gasteiger partial charge in [0.05, 0.1) is 10.6 Å². The van der Waals surface area contributed by atoms with Crippen molar-refractivity contribution < 1.29 is 4.79 Å². The van der Waals surface area contributed by atoms with Crippen LogP contribution in [-0.4, -0.2) is 28.9 Å². The number of halogens is 1. The van der Waals surface area contributed by atoms with E-state index < -0.39 is 0 Å². The van der Waals surface area contributed by atoms with Crippen molar-refractivity contribution in [1.29, 1.82) is 0 Å². The summed E-state index contributed by atoms with van der Waals surface area (Å²) in [6.45, 7) is 6.09. The van der Waals surface area contributed by atoms with E-state index in [1.54, 1.807) is 12.3 Å². The van der Waals surface area contributed by atoms with Crippen LogP contribution in [0.25, 0.3) is 0 Å². The molecule has 3 nitrogen and oxygen atoms in total. The predicted molar refractivity (Wildman–Crippen MR) is 68.1 cm³/mol. The summed E-state index contributed by atoms with van der Waals surface area (Å²) in [7, 11) is 0. The smallest absolute Gasteiger partial charge is 0.255 e. The fraction of sp³-hybridized carbons (Fsp3) is 0.538. The van der Waals surface area contributed by atoms with Gasteiger partial charge in [0.2, 0.25) is 0 Å². The van der Waals surface area contributed by atoms with Crippen molar-refractivity contribution in [2.75, 3.05) is 13.1 Å². The summed E-state index contributed by atoms with van der Waals surface area (Å²) in [4.78, 5) is 18.0. The molecule has 1 saturated heterocycles. The monoisotopic (exact) mass is 252 g/mol. The van der Waals surface area contributed by atoms with Crippen LogP contribution >= 0.6 is 11.6 Å². The fourth-order valence-corrected chi connectivity index (χ4v) is 2.44. The van der Waals surface area contributed by atoms with Gasteiger partial charge in [-0.1, -0.05) is 25.4 Å². The minimum atomic E-state index is 0.0283. The van der Waals surface area contributed by atoms with Gasteiger partial charge in [-0.3, -0.25) is 9.78 Å². The van der Waals surface area contributed by atoms with Gasteiger partial charge in [-0.2, -0.15) is 0 Å². The van der Waals surface area contributed by atoms with Crippen molar-refractivity contribution in [3.05, 3.63) is 29.0 Å². The second-order valence-electron chi connectivity index (χ2n) is 4.90. The average Bonchev–Trinajstić information content (AvgIpc) is 2.78. The molecule has 1 fully saturated rings. The molecule has 0 aromatic carbocycles. The number of nitrogens with zero attached hydrogens (tertiary/aromatic N) is 2. The third kappa shape index (κ3) is 2.60. The number of carbonyl (C=O) groups is 1. The number of hydrogen-bond donors (Lipinski definition) is 0. The number of rotatable bonds is 2. The van der Waals surface area contributed by atoms with Crippen molar-refractivity contribution in [1.82, 2.24) is 9.88 Å². The minimum absolute atomic E-state index is 0.0283. The summed E-state index contributed by atoms with van der Waals surface area (Å²) in [5.41, 5.74) is 0.561. The molecule has 1 aliphatic heterocycles. The quantitative estimate of drug-likeness (QED) is 0.811. The van der Waals surface area contributed by atoms with Crippen LogP contribution in [0.3, 0.4) is 0 Å². The van der Waals surface area contributed by atoms with Crippen LogP contribution in [0.5, 0.6) is 0 Å². The van der Waals surface area contributed by atoms with Gasteiger partial charge in [0.15, 0.2) is 0 Å². The first-order valence-corrected chi connectivity index (χ1v) is 6.36. The zero-order chi connectivity index (χ0) is 12.4. The van der Waals surface area contributed by atoms with E-state index in [4.69, 9.17) is 11.6 Å². The van der Waals surface area contributed by atoms with Gasteiger partial charge in [-0.25, -0.2) is 0 Å². The molecule has 1 amide bonds. The van der Waals surface area contributed by atoms with Gasteiger partial charge in [0.1, 0.15) is 0 Å². The number of amides is 1. The molecule has 4 heteroatoms. The normalized spacial score (nSPS) is 20.0. The van der Waals surface area contributed by atoms with E-state index >= 15 is 0 Å². The molecule has 0 aliphatic carbocycles. The number of pyridine rings is 1. The molecular formula is C13H17ClN2O. The Balaban J connectivity index is 2.10. The highest BCUT2D eigenvalue weighted by Crippen LogP contribution is 2.26. The van der Waals surface area contributed by atoms with E-state index in [1.165, 1.54) is 6.20 Å². The van der Waals surface area contributed by atoms with Gasteiger partial charge in [0, 0.05) is 25.5 Å². The summed E-state index contributed by atoms with van der Waals surface area (Å²) >= 11 is 5.99. The first-order valence-electron chi connectivity index (χ1n) is 5.98. The second kappa shape index (κ2) is 5.05. The minimum Gasteiger partial charge on any atom is -0.338 e. The lowest BCUT2D eigenvalue weighted by Crippen LogP contribution is -2.29. The van der Waals surface area contributed by atoms with E-state index in [-0.39, 0.29) is 5.91 Å². The van der Waals surface area contributed by atoms with Crippen molar-refractivity contribution in [3.63, 3.8) is 0 Å². The van der Waals surface area contributed by atoms with E-state index in [9.17, 15) is 4.79 Å². The molecule has 0 bridgehead atoms. The van der Waals surface area contributed by atoms with Gasteiger partial charge < -0.3 is 4.90 Å². The maximum absolute atomic E-state index is 12.2. The molecule has 2 heterocycles. The van der Waals surface area contributed by atoms with Crippen molar-refractivity contribution in [3.8, 4) is 0 Å². The zero-order valence-corrected chi connectivity index (χ0v) is 10.9. The van der Waals surface area contributed by atoms with Crippen LogP contribution < -0.4 is 0 Å².